The van der Waals surface area contributed by atoms with Crippen molar-refractivity contribution < 1.29 is 17.9 Å². The number of rotatable bonds is 4. The van der Waals surface area contributed by atoms with Gasteiger partial charge in [0.15, 0.2) is 15.1 Å². The summed E-state index contributed by atoms with van der Waals surface area (Å²) >= 11 is 12.9. The smallest absolute Gasteiger partial charge is 0.205 e. The molecular weight excluding hydrogens is 459 g/mol. The monoisotopic (exact) mass is 474 g/mol. The molecule has 1 fully saturated rings. The number of carbonyl (C=O) groups is 1. The van der Waals surface area contributed by atoms with E-state index in [0.717, 1.165) is 5.56 Å². The van der Waals surface area contributed by atoms with Gasteiger partial charge in [-0.1, -0.05) is 53.5 Å². The Labute approximate surface area is 189 Å². The third-order valence-electron chi connectivity index (χ3n) is 5.74. The third-order valence-corrected chi connectivity index (χ3v) is 9.13. The van der Waals surface area contributed by atoms with Gasteiger partial charge in [0.25, 0.3) is 0 Å². The summed E-state index contributed by atoms with van der Waals surface area (Å²) in [5.41, 5.74) is 1.20. The molecule has 1 aliphatic carbocycles. The van der Waals surface area contributed by atoms with Crippen molar-refractivity contribution in [1.82, 2.24) is 9.97 Å². The van der Waals surface area contributed by atoms with Crippen LogP contribution in [0.3, 0.4) is 0 Å². The first-order valence-electron chi connectivity index (χ1n) is 9.60. The van der Waals surface area contributed by atoms with Crippen molar-refractivity contribution in [1.29, 1.82) is 0 Å². The van der Waals surface area contributed by atoms with Gasteiger partial charge in [-0.3, -0.25) is 9.78 Å². The number of hydrogen-bond donors (Lipinski definition) is 0. The number of benzene rings is 2. The zero-order valence-electron chi connectivity index (χ0n) is 16.1. The van der Waals surface area contributed by atoms with E-state index in [1.807, 2.05) is 30.3 Å². The van der Waals surface area contributed by atoms with E-state index in [2.05, 4.69) is 9.97 Å². The number of hydrogen-bond acceptors (Lipinski definition) is 6. The van der Waals surface area contributed by atoms with Gasteiger partial charge in [0.05, 0.1) is 10.7 Å². The first-order valence-corrected chi connectivity index (χ1v) is 11.9. The van der Waals surface area contributed by atoms with Crippen molar-refractivity contribution in [3.63, 3.8) is 0 Å². The second-order valence-electron chi connectivity index (χ2n) is 7.58. The minimum atomic E-state index is -4.03. The lowest BCUT2D eigenvalue weighted by Gasteiger charge is -2.30. The predicted molar refractivity (Wildman–Crippen MR) is 116 cm³/mol. The van der Waals surface area contributed by atoms with Crippen LogP contribution in [0.5, 0.6) is 5.75 Å². The molecule has 1 aliphatic heterocycles. The molecule has 1 spiro atoms. The van der Waals surface area contributed by atoms with Crippen molar-refractivity contribution in [3.05, 3.63) is 87.4 Å². The van der Waals surface area contributed by atoms with Crippen LogP contribution in [-0.2, 0) is 21.2 Å². The summed E-state index contributed by atoms with van der Waals surface area (Å²) in [6.07, 6.45) is 3.55. The predicted octanol–water partition coefficient (Wildman–Crippen LogP) is 4.70. The number of ketones is 1. The molecule has 1 unspecified atom stereocenters. The van der Waals surface area contributed by atoms with Gasteiger partial charge in [0.1, 0.15) is 22.8 Å². The lowest BCUT2D eigenvalue weighted by atomic mass is 10.0. The zero-order chi connectivity index (χ0) is 21.8. The molecule has 1 saturated carbocycles. The van der Waals surface area contributed by atoms with E-state index in [9.17, 15) is 13.2 Å². The highest BCUT2D eigenvalue weighted by Crippen LogP contribution is 2.61. The Balaban J connectivity index is 1.67. The maximum atomic E-state index is 13.7. The van der Waals surface area contributed by atoms with E-state index in [1.54, 1.807) is 0 Å². The van der Waals surface area contributed by atoms with Crippen LogP contribution < -0.4 is 4.74 Å². The van der Waals surface area contributed by atoms with Crippen LogP contribution in [0.1, 0.15) is 45.4 Å². The van der Waals surface area contributed by atoms with Crippen molar-refractivity contribution in [2.24, 2.45) is 0 Å². The first kappa shape index (κ1) is 20.4. The average molecular weight is 475 g/mol. The lowest BCUT2D eigenvalue weighted by molar-refractivity contribution is 0.0974. The first-order chi connectivity index (χ1) is 14.9. The minimum Gasteiger partial charge on any atom is -0.487 e. The molecule has 2 aromatic carbocycles. The van der Waals surface area contributed by atoms with Gasteiger partial charge in [-0.25, -0.2) is 13.4 Å². The molecule has 9 heteroatoms. The summed E-state index contributed by atoms with van der Waals surface area (Å²) in [5.74, 6) is -0.586. The quantitative estimate of drug-likeness (QED) is 0.544. The number of Topliss-reactive ketones (excluding diaryl/α,β-unsaturated/α-hetero) is 1. The summed E-state index contributed by atoms with van der Waals surface area (Å²) in [7, 11) is -4.03. The van der Waals surface area contributed by atoms with Crippen molar-refractivity contribution in [2.45, 2.75) is 29.4 Å². The number of carbonyl (C=O) groups excluding carboxylic acids is 1. The van der Waals surface area contributed by atoms with Crippen molar-refractivity contribution in [2.75, 3.05) is 0 Å². The highest BCUT2D eigenvalue weighted by Gasteiger charge is 2.66. The largest absolute Gasteiger partial charge is 0.487 e. The number of ether oxygens (including phenoxy) is 1. The number of aromatic nitrogens is 2. The second kappa shape index (κ2) is 7.29. The molecule has 0 saturated heterocycles. The normalized spacial score (nSPS) is 20.3. The van der Waals surface area contributed by atoms with E-state index < -0.39 is 25.6 Å². The number of halogens is 2. The minimum absolute atomic E-state index is 0.0534. The van der Waals surface area contributed by atoms with Gasteiger partial charge in [0.2, 0.25) is 5.78 Å². The number of sulfone groups is 1. The molecule has 2 aliphatic rings. The third kappa shape index (κ3) is 3.06. The molecular formula is C22H16Cl2N2O4S. The van der Waals surface area contributed by atoms with Crippen LogP contribution in [-0.4, -0.2) is 24.2 Å². The molecule has 0 bridgehead atoms. The average Bonchev–Trinajstić information content (AvgIpc) is 3.58. The van der Waals surface area contributed by atoms with Crippen LogP contribution in [0.2, 0.25) is 10.0 Å². The summed E-state index contributed by atoms with van der Waals surface area (Å²) in [4.78, 5) is 21.8. The van der Waals surface area contributed by atoms with Gasteiger partial charge in [-0.05, 0) is 30.5 Å². The highest BCUT2D eigenvalue weighted by atomic mass is 35.5. The highest BCUT2D eigenvalue weighted by molar-refractivity contribution is 7.93. The van der Waals surface area contributed by atoms with Gasteiger partial charge < -0.3 is 4.74 Å². The maximum absolute atomic E-state index is 13.7. The Bertz CT molecular complexity index is 1310. The van der Waals surface area contributed by atoms with Crippen LogP contribution in [0.15, 0.2) is 54.9 Å². The summed E-state index contributed by atoms with van der Waals surface area (Å²) in [6, 6.07) is 12.3. The molecule has 3 aromatic rings. The van der Waals surface area contributed by atoms with E-state index in [1.165, 1.54) is 24.5 Å². The standard InChI is InChI=1S/C22H16Cl2N2O4S/c23-14-6-7-15(24)19(30-12-13-4-2-1-3-5-13)16(14)20-18(27)17-21(26-11-10-25-17)22(8-9-22)31(20,28)29/h1-7,10-11,20H,8-9,12H2. The Morgan fingerprint density at radius 1 is 1.00 bits per heavy atom. The summed E-state index contributed by atoms with van der Waals surface area (Å²) in [5, 5.41) is -1.29. The lowest BCUT2D eigenvalue weighted by Crippen LogP contribution is -2.40. The molecule has 0 N–H and O–H groups in total. The zero-order valence-corrected chi connectivity index (χ0v) is 18.4. The van der Waals surface area contributed by atoms with Crippen LogP contribution in [0.25, 0.3) is 0 Å². The summed E-state index contributed by atoms with van der Waals surface area (Å²) in [6.45, 7) is 0.135. The Hall–Kier alpha value is -2.48. The van der Waals surface area contributed by atoms with Crippen LogP contribution in [0.4, 0.5) is 0 Å². The molecule has 1 aromatic heterocycles. The molecule has 0 radical (unpaired) electrons. The summed E-state index contributed by atoms with van der Waals surface area (Å²) < 4.78 is 32.1. The van der Waals surface area contributed by atoms with Gasteiger partial charge in [-0.2, -0.15) is 0 Å². The van der Waals surface area contributed by atoms with Gasteiger partial charge >= 0.3 is 0 Å². The molecule has 5 rings (SSSR count). The number of fused-ring (bicyclic) bond motifs is 2. The molecule has 31 heavy (non-hydrogen) atoms. The van der Waals surface area contributed by atoms with Crippen molar-refractivity contribution >= 4 is 38.8 Å². The fourth-order valence-corrected chi connectivity index (χ4v) is 7.09. The topological polar surface area (TPSA) is 86.2 Å². The number of nitrogens with zero attached hydrogens (tertiary/aromatic N) is 2. The SMILES string of the molecule is O=C1c2nccnc2C2(CC2)S(=O)(=O)C1c1c(Cl)ccc(Cl)c1OCc1ccccc1. The Morgan fingerprint density at radius 3 is 2.39 bits per heavy atom. The Morgan fingerprint density at radius 2 is 1.68 bits per heavy atom. The van der Waals surface area contributed by atoms with Crippen LogP contribution >= 0.6 is 23.2 Å². The van der Waals surface area contributed by atoms with E-state index >= 15 is 0 Å². The molecule has 2 heterocycles. The Kier molecular flexibility index (Phi) is 4.80. The van der Waals surface area contributed by atoms with Gasteiger partial charge in [-0.15, -0.1) is 0 Å². The molecule has 6 nitrogen and oxygen atoms in total. The molecule has 0 amide bonds. The molecule has 158 valence electrons. The second-order valence-corrected chi connectivity index (χ2v) is 10.7. The van der Waals surface area contributed by atoms with E-state index in [0.29, 0.717) is 12.8 Å². The molecule has 1 atom stereocenters. The van der Waals surface area contributed by atoms with Crippen molar-refractivity contribution in [3.8, 4) is 5.75 Å². The fraction of sp³-hybridized carbons (Fsp3) is 0.227. The maximum Gasteiger partial charge on any atom is 0.205 e. The van der Waals surface area contributed by atoms with E-state index in [-0.39, 0.29) is 39.4 Å². The van der Waals surface area contributed by atoms with Gasteiger partial charge in [0, 0.05) is 23.0 Å². The fourth-order valence-electron chi connectivity index (χ4n) is 4.07. The van der Waals surface area contributed by atoms with Crippen LogP contribution in [0, 0.1) is 0 Å². The van der Waals surface area contributed by atoms with E-state index in [4.69, 9.17) is 27.9 Å².